The van der Waals surface area contributed by atoms with Crippen molar-refractivity contribution in [3.05, 3.63) is 53.5 Å². The minimum absolute atomic E-state index is 0.0433. The predicted molar refractivity (Wildman–Crippen MR) is 102 cm³/mol. The van der Waals surface area contributed by atoms with E-state index >= 15 is 0 Å². The van der Waals surface area contributed by atoms with Crippen LogP contribution in [0.4, 0.5) is 0 Å². The topological polar surface area (TPSA) is 59.3 Å². The van der Waals surface area contributed by atoms with Crippen molar-refractivity contribution in [2.75, 3.05) is 0 Å². The van der Waals surface area contributed by atoms with Crippen molar-refractivity contribution in [3.8, 4) is 11.1 Å². The van der Waals surface area contributed by atoms with Gasteiger partial charge in [0.15, 0.2) is 5.65 Å². The number of hydrogen-bond acceptors (Lipinski definition) is 3. The fourth-order valence-corrected chi connectivity index (χ4v) is 3.88. The van der Waals surface area contributed by atoms with Crippen LogP contribution in [0.3, 0.4) is 0 Å². The van der Waals surface area contributed by atoms with E-state index < -0.39 is 0 Å². The van der Waals surface area contributed by atoms with Gasteiger partial charge in [0.05, 0.1) is 17.0 Å². The standard InChI is InChI=1S/C21H24N4O/c1-14-19(16-9-5-3-6-10-16)20-22-13-18(15(2)25(20)24-14)21(26)23-17-11-7-4-8-12-17/h3,5-6,9-10,13,17H,4,7-8,11-12H2,1-2H3,(H,23,26). The fraction of sp³-hybridized carbons (Fsp3) is 0.381. The van der Waals surface area contributed by atoms with Crippen LogP contribution >= 0.6 is 0 Å². The second-order valence-corrected chi connectivity index (χ2v) is 7.13. The van der Waals surface area contributed by atoms with Gasteiger partial charge in [0.25, 0.3) is 5.91 Å². The molecule has 1 aliphatic carbocycles. The summed E-state index contributed by atoms with van der Waals surface area (Å²) in [5.41, 5.74) is 5.25. The third-order valence-corrected chi connectivity index (χ3v) is 5.31. The molecule has 0 bridgehead atoms. The molecule has 1 aromatic carbocycles. The zero-order valence-corrected chi connectivity index (χ0v) is 15.3. The van der Waals surface area contributed by atoms with Gasteiger partial charge in [0.2, 0.25) is 0 Å². The largest absolute Gasteiger partial charge is 0.349 e. The lowest BCUT2D eigenvalue weighted by Crippen LogP contribution is -2.36. The molecule has 0 atom stereocenters. The summed E-state index contributed by atoms with van der Waals surface area (Å²) < 4.78 is 1.80. The van der Waals surface area contributed by atoms with Crippen molar-refractivity contribution in [2.45, 2.75) is 52.0 Å². The maximum Gasteiger partial charge on any atom is 0.254 e. The molecule has 1 N–H and O–H groups in total. The first-order valence-electron chi connectivity index (χ1n) is 9.36. The molecule has 0 aliphatic heterocycles. The number of amides is 1. The lowest BCUT2D eigenvalue weighted by molar-refractivity contribution is 0.0926. The Labute approximate surface area is 153 Å². The summed E-state index contributed by atoms with van der Waals surface area (Å²) in [5, 5.41) is 7.83. The van der Waals surface area contributed by atoms with Crippen molar-refractivity contribution in [3.63, 3.8) is 0 Å². The van der Waals surface area contributed by atoms with Gasteiger partial charge < -0.3 is 5.32 Å². The number of nitrogens with zero attached hydrogens (tertiary/aromatic N) is 3. The zero-order chi connectivity index (χ0) is 18.1. The average molecular weight is 348 g/mol. The van der Waals surface area contributed by atoms with Gasteiger partial charge >= 0.3 is 0 Å². The van der Waals surface area contributed by atoms with E-state index in [2.05, 4.69) is 27.5 Å². The van der Waals surface area contributed by atoms with E-state index in [1.54, 1.807) is 10.7 Å². The number of aryl methyl sites for hydroxylation is 2. The smallest absolute Gasteiger partial charge is 0.254 e. The third-order valence-electron chi connectivity index (χ3n) is 5.31. The van der Waals surface area contributed by atoms with E-state index in [0.29, 0.717) is 5.56 Å². The van der Waals surface area contributed by atoms with Gasteiger partial charge in [-0.25, -0.2) is 9.50 Å². The van der Waals surface area contributed by atoms with Crippen LogP contribution in [0.2, 0.25) is 0 Å². The van der Waals surface area contributed by atoms with Crippen LogP contribution < -0.4 is 5.32 Å². The van der Waals surface area contributed by atoms with E-state index in [-0.39, 0.29) is 11.9 Å². The van der Waals surface area contributed by atoms with Crippen molar-refractivity contribution in [1.82, 2.24) is 19.9 Å². The maximum atomic E-state index is 12.7. The number of hydrogen-bond donors (Lipinski definition) is 1. The number of carbonyl (C=O) groups excluding carboxylic acids is 1. The SMILES string of the molecule is Cc1nn2c(C)c(C(=O)NC3CCCCC3)cnc2c1-c1ccccc1. The molecule has 26 heavy (non-hydrogen) atoms. The summed E-state index contributed by atoms with van der Waals surface area (Å²) in [6.45, 7) is 3.92. The number of rotatable bonds is 3. The molecule has 2 heterocycles. The summed E-state index contributed by atoms with van der Waals surface area (Å²) in [6, 6.07) is 10.4. The first-order valence-corrected chi connectivity index (χ1v) is 9.36. The van der Waals surface area contributed by atoms with Crippen molar-refractivity contribution in [2.24, 2.45) is 0 Å². The Hall–Kier alpha value is -2.69. The van der Waals surface area contributed by atoms with Crippen LogP contribution in [0.15, 0.2) is 36.5 Å². The number of aromatic nitrogens is 3. The van der Waals surface area contributed by atoms with Crippen LogP contribution in [0.1, 0.15) is 53.8 Å². The molecule has 0 unspecified atom stereocenters. The normalized spacial score (nSPS) is 15.3. The van der Waals surface area contributed by atoms with Crippen LogP contribution in [-0.4, -0.2) is 26.5 Å². The molecule has 1 aliphatic rings. The maximum absolute atomic E-state index is 12.7. The van der Waals surface area contributed by atoms with E-state index in [1.165, 1.54) is 19.3 Å². The van der Waals surface area contributed by atoms with Crippen LogP contribution in [0.25, 0.3) is 16.8 Å². The van der Waals surface area contributed by atoms with Gasteiger partial charge in [-0.05, 0) is 32.3 Å². The van der Waals surface area contributed by atoms with Crippen LogP contribution in [0.5, 0.6) is 0 Å². The van der Waals surface area contributed by atoms with E-state index in [0.717, 1.165) is 41.0 Å². The second kappa shape index (κ2) is 6.90. The molecule has 3 aromatic rings. The Morgan fingerprint density at radius 2 is 1.85 bits per heavy atom. The molecule has 0 spiro atoms. The Balaban J connectivity index is 1.70. The molecular weight excluding hydrogens is 324 g/mol. The van der Waals surface area contributed by atoms with Crippen LogP contribution in [0, 0.1) is 13.8 Å². The summed E-state index contributed by atoms with van der Waals surface area (Å²) in [7, 11) is 0. The number of fused-ring (bicyclic) bond motifs is 1. The van der Waals surface area contributed by atoms with E-state index in [9.17, 15) is 4.79 Å². The van der Waals surface area contributed by atoms with Gasteiger partial charge in [-0.3, -0.25) is 4.79 Å². The lowest BCUT2D eigenvalue weighted by atomic mass is 9.95. The monoisotopic (exact) mass is 348 g/mol. The minimum Gasteiger partial charge on any atom is -0.349 e. The Bertz CT molecular complexity index is 940. The third kappa shape index (κ3) is 2.98. The summed E-state index contributed by atoms with van der Waals surface area (Å²) >= 11 is 0. The van der Waals surface area contributed by atoms with Gasteiger partial charge in [-0.15, -0.1) is 0 Å². The van der Waals surface area contributed by atoms with Crippen molar-refractivity contribution < 1.29 is 4.79 Å². The molecule has 5 heteroatoms. The van der Waals surface area contributed by atoms with Gasteiger partial charge in [0.1, 0.15) is 0 Å². The van der Waals surface area contributed by atoms with Crippen LogP contribution in [-0.2, 0) is 0 Å². The molecular formula is C21H24N4O. The highest BCUT2D eigenvalue weighted by Gasteiger charge is 2.21. The summed E-state index contributed by atoms with van der Waals surface area (Å²) in [4.78, 5) is 17.3. The quantitative estimate of drug-likeness (QED) is 0.776. The van der Waals surface area contributed by atoms with E-state index in [1.807, 2.05) is 32.0 Å². The Morgan fingerprint density at radius 3 is 2.58 bits per heavy atom. The highest BCUT2D eigenvalue weighted by atomic mass is 16.1. The molecule has 134 valence electrons. The Morgan fingerprint density at radius 1 is 1.12 bits per heavy atom. The first-order chi connectivity index (χ1) is 12.6. The van der Waals surface area contributed by atoms with Gasteiger partial charge in [0, 0.05) is 17.8 Å². The molecule has 0 radical (unpaired) electrons. The summed E-state index contributed by atoms with van der Waals surface area (Å²) in [5.74, 6) is -0.0433. The highest BCUT2D eigenvalue weighted by molar-refractivity contribution is 5.95. The fourth-order valence-electron chi connectivity index (χ4n) is 3.88. The Kier molecular flexibility index (Phi) is 4.45. The van der Waals surface area contributed by atoms with Crippen molar-refractivity contribution >= 4 is 11.6 Å². The molecule has 4 rings (SSSR count). The molecule has 1 amide bonds. The summed E-state index contributed by atoms with van der Waals surface area (Å²) in [6.07, 6.45) is 7.49. The van der Waals surface area contributed by atoms with Gasteiger partial charge in [-0.2, -0.15) is 5.10 Å². The molecule has 0 saturated heterocycles. The number of benzene rings is 1. The lowest BCUT2D eigenvalue weighted by Gasteiger charge is -2.23. The molecule has 1 fully saturated rings. The van der Waals surface area contributed by atoms with Crippen molar-refractivity contribution in [1.29, 1.82) is 0 Å². The zero-order valence-electron chi connectivity index (χ0n) is 15.3. The predicted octanol–water partition coefficient (Wildman–Crippen LogP) is 4.08. The highest BCUT2D eigenvalue weighted by Crippen LogP contribution is 2.28. The van der Waals surface area contributed by atoms with Gasteiger partial charge in [-0.1, -0.05) is 49.6 Å². The first kappa shape index (κ1) is 16.8. The minimum atomic E-state index is -0.0433. The average Bonchev–Trinajstić information content (AvgIpc) is 3.00. The molecule has 5 nitrogen and oxygen atoms in total. The van der Waals surface area contributed by atoms with E-state index in [4.69, 9.17) is 0 Å². The number of carbonyl (C=O) groups is 1. The second-order valence-electron chi connectivity index (χ2n) is 7.13. The molecule has 1 saturated carbocycles. The molecule has 2 aromatic heterocycles. The number of nitrogens with one attached hydrogen (secondary N) is 1.